The number of hydrogen-bond acceptors (Lipinski definition) is 6. The van der Waals surface area contributed by atoms with Crippen molar-refractivity contribution in [2.45, 2.75) is 6.54 Å². The normalized spacial score (nSPS) is 10.8. The minimum atomic E-state index is -3.45. The summed E-state index contributed by atoms with van der Waals surface area (Å²) in [5.74, 6) is 1.13. The summed E-state index contributed by atoms with van der Waals surface area (Å²) in [6, 6.07) is 9.81. The van der Waals surface area contributed by atoms with Crippen molar-refractivity contribution in [2.24, 2.45) is 0 Å². The molecule has 0 aliphatic carbocycles. The maximum absolute atomic E-state index is 12.5. The van der Waals surface area contributed by atoms with Gasteiger partial charge in [0.15, 0.2) is 11.5 Å². The predicted molar refractivity (Wildman–Crippen MR) is 116 cm³/mol. The minimum absolute atomic E-state index is 0.142. The Bertz CT molecular complexity index is 1000. The highest BCUT2D eigenvalue weighted by Gasteiger charge is 2.18. The van der Waals surface area contributed by atoms with Crippen molar-refractivity contribution in [3.63, 3.8) is 0 Å². The Balaban J connectivity index is 2.17. The Morgan fingerprint density at radius 1 is 1.03 bits per heavy atom. The van der Waals surface area contributed by atoms with Crippen LogP contribution in [0.15, 0.2) is 49.1 Å². The third-order valence-corrected chi connectivity index (χ3v) is 5.50. The first-order chi connectivity index (χ1) is 14.3. The molecule has 9 heteroatoms. The van der Waals surface area contributed by atoms with Gasteiger partial charge in [0.2, 0.25) is 15.8 Å². The molecule has 0 aliphatic rings. The number of methoxy groups -OCH3 is 3. The lowest BCUT2D eigenvalue weighted by atomic mass is 10.1. The first-order valence-electron chi connectivity index (χ1n) is 9.01. The van der Waals surface area contributed by atoms with Gasteiger partial charge < -0.3 is 19.5 Å². The van der Waals surface area contributed by atoms with Crippen molar-refractivity contribution < 1.29 is 27.4 Å². The minimum Gasteiger partial charge on any atom is -0.493 e. The summed E-state index contributed by atoms with van der Waals surface area (Å²) >= 11 is 0. The Kier molecular flexibility index (Phi) is 7.71. The van der Waals surface area contributed by atoms with E-state index in [-0.39, 0.29) is 19.0 Å². The number of carbonyl (C=O) groups is 1. The second-order valence-electron chi connectivity index (χ2n) is 6.31. The molecule has 0 atom stereocenters. The number of benzene rings is 2. The van der Waals surface area contributed by atoms with E-state index in [4.69, 9.17) is 14.2 Å². The van der Waals surface area contributed by atoms with E-state index in [0.29, 0.717) is 34.1 Å². The second-order valence-corrected chi connectivity index (χ2v) is 8.21. The molecule has 2 aromatic carbocycles. The van der Waals surface area contributed by atoms with E-state index >= 15 is 0 Å². The molecule has 162 valence electrons. The van der Waals surface area contributed by atoms with Crippen LogP contribution >= 0.6 is 0 Å². The van der Waals surface area contributed by atoms with Gasteiger partial charge in [-0.25, -0.2) is 8.42 Å². The first-order valence-corrected chi connectivity index (χ1v) is 10.9. The summed E-state index contributed by atoms with van der Waals surface area (Å²) in [6.07, 6.45) is 2.62. The van der Waals surface area contributed by atoms with Crippen molar-refractivity contribution in [1.29, 1.82) is 0 Å². The van der Waals surface area contributed by atoms with Gasteiger partial charge in [0.25, 0.3) is 5.91 Å². The molecule has 0 fully saturated rings. The fraction of sp³-hybridized carbons (Fsp3) is 0.286. The SMILES string of the molecule is C=CCN(c1ccc(C(=O)NCc2ccc(OC)c(OC)c2OC)cc1)S(C)(=O)=O. The molecular formula is C21H26N2O6S. The molecule has 1 N–H and O–H groups in total. The van der Waals surface area contributed by atoms with Gasteiger partial charge in [0.1, 0.15) is 0 Å². The Hall–Kier alpha value is -3.20. The molecule has 30 heavy (non-hydrogen) atoms. The number of sulfonamides is 1. The Morgan fingerprint density at radius 3 is 2.17 bits per heavy atom. The molecule has 2 aromatic rings. The van der Waals surface area contributed by atoms with Crippen LogP contribution in [0.4, 0.5) is 5.69 Å². The summed E-state index contributed by atoms with van der Waals surface area (Å²) in [6.45, 7) is 3.93. The maximum Gasteiger partial charge on any atom is 0.251 e. The first kappa shape index (κ1) is 23.1. The smallest absolute Gasteiger partial charge is 0.251 e. The van der Waals surface area contributed by atoms with Crippen LogP contribution in [0.5, 0.6) is 17.2 Å². The highest BCUT2D eigenvalue weighted by Crippen LogP contribution is 2.39. The molecule has 0 saturated carbocycles. The van der Waals surface area contributed by atoms with Crippen LogP contribution in [0.3, 0.4) is 0 Å². The van der Waals surface area contributed by atoms with Crippen molar-refractivity contribution in [3.8, 4) is 17.2 Å². The fourth-order valence-corrected chi connectivity index (χ4v) is 3.79. The topological polar surface area (TPSA) is 94.2 Å². The molecule has 8 nitrogen and oxygen atoms in total. The number of anilines is 1. The van der Waals surface area contributed by atoms with Crippen LogP contribution in [0.1, 0.15) is 15.9 Å². The summed E-state index contributed by atoms with van der Waals surface area (Å²) in [4.78, 5) is 12.5. The van der Waals surface area contributed by atoms with E-state index in [9.17, 15) is 13.2 Å². The van der Waals surface area contributed by atoms with Gasteiger partial charge in [0.05, 0.1) is 39.8 Å². The molecule has 0 unspecified atom stereocenters. The van der Waals surface area contributed by atoms with E-state index in [1.165, 1.54) is 31.7 Å². The zero-order chi connectivity index (χ0) is 22.3. The van der Waals surface area contributed by atoms with Gasteiger partial charge in [-0.1, -0.05) is 6.08 Å². The standard InChI is InChI=1S/C21H26N2O6S/c1-6-13-23(30(5,25)26)17-10-7-15(8-11-17)21(24)22-14-16-9-12-18(27-2)20(29-4)19(16)28-3/h6-12H,1,13-14H2,2-5H3,(H,22,24). The van der Waals surface area contributed by atoms with Gasteiger partial charge in [-0.2, -0.15) is 0 Å². The van der Waals surface area contributed by atoms with Crippen LogP contribution in [0, 0.1) is 0 Å². The van der Waals surface area contributed by atoms with Crippen molar-refractivity contribution in [2.75, 3.05) is 38.4 Å². The van der Waals surface area contributed by atoms with Crippen LogP contribution in [-0.2, 0) is 16.6 Å². The number of carbonyl (C=O) groups excluding carboxylic acids is 1. The van der Waals surface area contributed by atoms with E-state index in [0.717, 1.165) is 6.26 Å². The van der Waals surface area contributed by atoms with E-state index in [2.05, 4.69) is 11.9 Å². The highest BCUT2D eigenvalue weighted by atomic mass is 32.2. The monoisotopic (exact) mass is 434 g/mol. The maximum atomic E-state index is 12.5. The van der Waals surface area contributed by atoms with Crippen molar-refractivity contribution in [1.82, 2.24) is 5.32 Å². The fourth-order valence-electron chi connectivity index (χ4n) is 2.91. The lowest BCUT2D eigenvalue weighted by molar-refractivity contribution is 0.0950. The van der Waals surface area contributed by atoms with Crippen LogP contribution in [0.25, 0.3) is 0 Å². The zero-order valence-corrected chi connectivity index (χ0v) is 18.3. The van der Waals surface area contributed by atoms with Gasteiger partial charge in [0, 0.05) is 17.7 Å². The molecule has 2 rings (SSSR count). The number of amides is 1. The number of hydrogen-bond donors (Lipinski definition) is 1. The summed E-state index contributed by atoms with van der Waals surface area (Å²) in [7, 11) is 1.10. The lowest BCUT2D eigenvalue weighted by Gasteiger charge is -2.20. The second kappa shape index (κ2) is 10.0. The molecule has 0 bridgehead atoms. The molecule has 0 aromatic heterocycles. The molecule has 0 spiro atoms. The summed E-state index contributed by atoms with van der Waals surface area (Å²) < 4.78 is 41.1. The number of nitrogens with one attached hydrogen (secondary N) is 1. The average molecular weight is 435 g/mol. The predicted octanol–water partition coefficient (Wildman–Crippen LogP) is 2.59. The van der Waals surface area contributed by atoms with E-state index < -0.39 is 10.0 Å². The number of rotatable bonds is 10. The van der Waals surface area contributed by atoms with Crippen molar-refractivity contribution >= 4 is 21.6 Å². The van der Waals surface area contributed by atoms with Crippen LogP contribution < -0.4 is 23.8 Å². The van der Waals surface area contributed by atoms with Gasteiger partial charge >= 0.3 is 0 Å². The average Bonchev–Trinajstić information content (AvgIpc) is 2.74. The van der Waals surface area contributed by atoms with Gasteiger partial charge in [-0.15, -0.1) is 6.58 Å². The quantitative estimate of drug-likeness (QED) is 0.578. The molecular weight excluding hydrogens is 408 g/mol. The summed E-state index contributed by atoms with van der Waals surface area (Å²) in [5, 5.41) is 2.82. The Labute approximate surface area is 177 Å². The molecule has 0 saturated heterocycles. The van der Waals surface area contributed by atoms with Gasteiger partial charge in [-0.3, -0.25) is 9.10 Å². The Morgan fingerprint density at radius 2 is 1.67 bits per heavy atom. The molecule has 0 radical (unpaired) electrons. The molecule has 0 aliphatic heterocycles. The van der Waals surface area contributed by atoms with E-state index in [1.807, 2.05) is 0 Å². The zero-order valence-electron chi connectivity index (χ0n) is 17.5. The van der Waals surface area contributed by atoms with Crippen LogP contribution in [0.2, 0.25) is 0 Å². The summed E-state index contributed by atoms with van der Waals surface area (Å²) in [5.41, 5.74) is 1.56. The number of nitrogens with zero attached hydrogens (tertiary/aromatic N) is 1. The van der Waals surface area contributed by atoms with Gasteiger partial charge in [-0.05, 0) is 36.4 Å². The third kappa shape index (κ3) is 5.24. The van der Waals surface area contributed by atoms with Crippen LogP contribution in [-0.4, -0.2) is 48.5 Å². The number of ether oxygens (including phenoxy) is 3. The molecule has 0 heterocycles. The van der Waals surface area contributed by atoms with Crippen molar-refractivity contribution in [3.05, 3.63) is 60.2 Å². The molecule has 1 amide bonds. The lowest BCUT2D eigenvalue weighted by Crippen LogP contribution is -2.30. The largest absolute Gasteiger partial charge is 0.493 e. The van der Waals surface area contributed by atoms with E-state index in [1.54, 1.807) is 36.4 Å². The highest BCUT2D eigenvalue weighted by molar-refractivity contribution is 7.92. The third-order valence-electron chi connectivity index (χ3n) is 4.34.